The molecular formula is C30H41ClN2O2. The Bertz CT molecular complexity index is 1050. The van der Waals surface area contributed by atoms with Crippen LogP contribution in [0.4, 0.5) is 0 Å². The second kappa shape index (κ2) is 12.1. The molecule has 0 fully saturated rings. The van der Waals surface area contributed by atoms with Crippen LogP contribution in [0.5, 0.6) is 5.75 Å². The number of halogens is 1. The molecule has 1 N–H and O–H groups in total. The number of aliphatic hydroxyl groups excluding tert-OH is 1. The van der Waals surface area contributed by atoms with E-state index in [1.807, 2.05) is 6.07 Å². The summed E-state index contributed by atoms with van der Waals surface area (Å²) >= 11 is 6.56. The first kappa shape index (κ1) is 27.3. The Labute approximate surface area is 216 Å². The molecule has 0 saturated carbocycles. The molecule has 0 aliphatic carbocycles. The van der Waals surface area contributed by atoms with Crippen molar-refractivity contribution in [2.45, 2.75) is 46.6 Å². The second-order valence-electron chi connectivity index (χ2n) is 10.7. The van der Waals surface area contributed by atoms with Crippen molar-refractivity contribution in [3.8, 4) is 5.75 Å². The fourth-order valence-corrected chi connectivity index (χ4v) is 4.98. The molecule has 190 valence electrons. The lowest BCUT2D eigenvalue weighted by molar-refractivity contribution is 0.128. The summed E-state index contributed by atoms with van der Waals surface area (Å²) in [5.74, 6) is 0.712. The average Bonchev–Trinajstić information content (AvgIpc) is 2.80. The van der Waals surface area contributed by atoms with Gasteiger partial charge in [0.15, 0.2) is 0 Å². The highest BCUT2D eigenvalue weighted by atomic mass is 35.5. The van der Waals surface area contributed by atoms with Gasteiger partial charge in [-0.1, -0.05) is 74.9 Å². The molecule has 0 spiro atoms. The molecule has 5 heteroatoms. The summed E-state index contributed by atoms with van der Waals surface area (Å²) in [5.41, 5.74) is 5.84. The third-order valence-electron chi connectivity index (χ3n) is 6.55. The minimum Gasteiger partial charge on any atom is -0.492 e. The number of allylic oxidation sites excluding steroid dienone is 2. The molecule has 0 amide bonds. The Kier molecular flexibility index (Phi) is 9.46. The zero-order valence-electron chi connectivity index (χ0n) is 22.1. The van der Waals surface area contributed by atoms with Crippen molar-refractivity contribution < 1.29 is 9.84 Å². The van der Waals surface area contributed by atoms with Gasteiger partial charge in [-0.3, -0.25) is 0 Å². The minimum atomic E-state index is -0.0199. The number of aliphatic hydroxyl groups is 1. The fraction of sp³-hybridized carbons (Fsp3) is 0.467. The number of rotatable bonds is 10. The lowest BCUT2D eigenvalue weighted by Crippen LogP contribution is -2.44. The van der Waals surface area contributed by atoms with E-state index >= 15 is 0 Å². The quantitative estimate of drug-likeness (QED) is 0.380. The highest BCUT2D eigenvalue weighted by Crippen LogP contribution is 2.41. The van der Waals surface area contributed by atoms with Gasteiger partial charge in [-0.15, -0.1) is 0 Å². The number of benzene rings is 2. The predicted molar refractivity (Wildman–Crippen MR) is 149 cm³/mol. The molecule has 1 aliphatic rings. The van der Waals surface area contributed by atoms with Crippen molar-refractivity contribution in [2.24, 2.45) is 5.41 Å². The van der Waals surface area contributed by atoms with E-state index < -0.39 is 0 Å². The van der Waals surface area contributed by atoms with Gasteiger partial charge < -0.3 is 19.6 Å². The van der Waals surface area contributed by atoms with Crippen LogP contribution in [0.25, 0.3) is 11.3 Å². The maximum Gasteiger partial charge on any atom is 0.138 e. The van der Waals surface area contributed by atoms with Crippen LogP contribution in [0.15, 0.2) is 54.6 Å². The molecular weight excluding hydrogens is 456 g/mol. The molecule has 35 heavy (non-hydrogen) atoms. The van der Waals surface area contributed by atoms with E-state index in [4.69, 9.17) is 16.3 Å². The van der Waals surface area contributed by atoms with Gasteiger partial charge >= 0.3 is 0 Å². The fourth-order valence-electron chi connectivity index (χ4n) is 4.81. The van der Waals surface area contributed by atoms with Crippen LogP contribution in [0.3, 0.4) is 0 Å². The molecule has 0 bridgehead atoms. The van der Waals surface area contributed by atoms with Crippen LogP contribution in [-0.4, -0.2) is 61.3 Å². The van der Waals surface area contributed by atoms with Gasteiger partial charge in [0, 0.05) is 36.9 Å². The van der Waals surface area contributed by atoms with E-state index in [9.17, 15) is 5.11 Å². The molecule has 4 nitrogen and oxygen atoms in total. The standard InChI is InChI=1S/C30H41ClN2O2/c1-22-11-7-8-12-24(22)25-13-9-18-33(28(16-19-34)30(2,3)4)29(25)23-14-15-26(31)27(21-23)35-20-10-17-32(5)6/h7-9,11-15,21,28,34H,10,16-20H2,1-6H3/t28-/m0/s1. The summed E-state index contributed by atoms with van der Waals surface area (Å²) < 4.78 is 6.14. The number of aryl methyl sites for hydroxylation is 1. The molecule has 0 saturated heterocycles. The van der Waals surface area contributed by atoms with E-state index in [1.165, 1.54) is 16.7 Å². The molecule has 0 aromatic heterocycles. The zero-order valence-corrected chi connectivity index (χ0v) is 22.9. The minimum absolute atomic E-state index is 0.0199. The largest absolute Gasteiger partial charge is 0.492 e. The Balaban J connectivity index is 2.13. The normalized spacial score (nSPS) is 15.2. The van der Waals surface area contributed by atoms with Gasteiger partial charge in [-0.2, -0.15) is 0 Å². The summed E-state index contributed by atoms with van der Waals surface area (Å²) in [7, 11) is 4.13. The highest BCUT2D eigenvalue weighted by Gasteiger charge is 2.34. The van der Waals surface area contributed by atoms with Crippen molar-refractivity contribution >= 4 is 22.9 Å². The Morgan fingerprint density at radius 2 is 1.89 bits per heavy atom. The highest BCUT2D eigenvalue weighted by molar-refractivity contribution is 6.32. The van der Waals surface area contributed by atoms with E-state index in [0.29, 0.717) is 23.8 Å². The van der Waals surface area contributed by atoms with Crippen LogP contribution >= 0.6 is 11.6 Å². The van der Waals surface area contributed by atoms with Gasteiger partial charge in [-0.25, -0.2) is 0 Å². The SMILES string of the molecule is Cc1ccccc1C1=C(c2ccc(Cl)c(OCCCN(C)C)c2)N([C@@H](CCO)C(C)(C)C)CC=C1. The maximum absolute atomic E-state index is 9.95. The van der Waals surface area contributed by atoms with Crippen LogP contribution in [0, 0.1) is 12.3 Å². The summed E-state index contributed by atoms with van der Waals surface area (Å²) in [6.45, 7) is 11.4. The summed E-state index contributed by atoms with van der Waals surface area (Å²) in [5, 5.41) is 10.6. The zero-order chi connectivity index (χ0) is 25.6. The van der Waals surface area contributed by atoms with Gasteiger partial charge in [0.25, 0.3) is 0 Å². The van der Waals surface area contributed by atoms with E-state index in [0.717, 1.165) is 30.8 Å². The molecule has 2 aromatic carbocycles. The number of nitrogens with zero attached hydrogens (tertiary/aromatic N) is 2. The van der Waals surface area contributed by atoms with Crippen molar-refractivity contribution in [3.05, 3.63) is 76.3 Å². The van der Waals surface area contributed by atoms with E-state index in [1.54, 1.807) is 0 Å². The van der Waals surface area contributed by atoms with Crippen molar-refractivity contribution in [1.82, 2.24) is 9.80 Å². The Hall–Kier alpha value is -2.27. The maximum atomic E-state index is 9.95. The van der Waals surface area contributed by atoms with Crippen LogP contribution in [0.2, 0.25) is 5.02 Å². The van der Waals surface area contributed by atoms with Crippen molar-refractivity contribution in [3.63, 3.8) is 0 Å². The monoisotopic (exact) mass is 496 g/mol. The van der Waals surface area contributed by atoms with Gasteiger partial charge in [0.2, 0.25) is 0 Å². The van der Waals surface area contributed by atoms with E-state index in [-0.39, 0.29) is 18.1 Å². The molecule has 1 aliphatic heterocycles. The van der Waals surface area contributed by atoms with Gasteiger partial charge in [0.05, 0.1) is 17.3 Å². The molecule has 1 heterocycles. The number of hydrogen-bond acceptors (Lipinski definition) is 4. The van der Waals surface area contributed by atoms with Crippen molar-refractivity contribution in [2.75, 3.05) is 40.4 Å². The number of ether oxygens (including phenoxy) is 1. The van der Waals surface area contributed by atoms with Gasteiger partial charge in [0.1, 0.15) is 5.75 Å². The average molecular weight is 497 g/mol. The Morgan fingerprint density at radius 1 is 1.14 bits per heavy atom. The summed E-state index contributed by atoms with van der Waals surface area (Å²) in [6.07, 6.45) is 6.10. The first-order valence-electron chi connectivity index (χ1n) is 12.5. The van der Waals surface area contributed by atoms with Crippen LogP contribution < -0.4 is 4.74 Å². The number of hydrogen-bond donors (Lipinski definition) is 1. The second-order valence-corrected chi connectivity index (χ2v) is 11.1. The predicted octanol–water partition coefficient (Wildman–Crippen LogP) is 6.52. The van der Waals surface area contributed by atoms with Crippen molar-refractivity contribution in [1.29, 1.82) is 0 Å². The Morgan fingerprint density at radius 3 is 2.54 bits per heavy atom. The molecule has 0 radical (unpaired) electrons. The molecule has 2 aromatic rings. The lowest BCUT2D eigenvalue weighted by Gasteiger charge is -2.44. The summed E-state index contributed by atoms with van der Waals surface area (Å²) in [4.78, 5) is 4.61. The third kappa shape index (κ3) is 6.91. The molecule has 0 unspecified atom stereocenters. The van der Waals surface area contributed by atoms with Crippen LogP contribution in [0.1, 0.15) is 50.3 Å². The molecule has 3 rings (SSSR count). The van der Waals surface area contributed by atoms with E-state index in [2.05, 4.69) is 100 Å². The smallest absolute Gasteiger partial charge is 0.138 e. The first-order chi connectivity index (χ1) is 16.6. The third-order valence-corrected chi connectivity index (χ3v) is 6.87. The lowest BCUT2D eigenvalue weighted by atomic mass is 9.81. The topological polar surface area (TPSA) is 35.9 Å². The summed E-state index contributed by atoms with van der Waals surface area (Å²) in [6, 6.07) is 14.8. The van der Waals surface area contributed by atoms with Crippen LogP contribution in [-0.2, 0) is 0 Å². The van der Waals surface area contributed by atoms with Gasteiger partial charge in [-0.05, 0) is 62.5 Å². The molecule has 1 atom stereocenters. The first-order valence-corrected chi connectivity index (χ1v) is 12.9.